The zero-order chi connectivity index (χ0) is 17.4. The fourth-order valence-corrected chi connectivity index (χ4v) is 2.98. The second-order valence-electron chi connectivity index (χ2n) is 5.60. The predicted octanol–water partition coefficient (Wildman–Crippen LogP) is 2.73. The molecule has 25 heavy (non-hydrogen) atoms. The van der Waals surface area contributed by atoms with Crippen LogP contribution in [0.3, 0.4) is 0 Å². The monoisotopic (exact) mass is 327 g/mol. The molecule has 0 unspecified atom stereocenters. The van der Waals surface area contributed by atoms with Gasteiger partial charge in [0.05, 0.1) is 11.4 Å². The Morgan fingerprint density at radius 3 is 2.28 bits per heavy atom. The second kappa shape index (κ2) is 5.73. The number of fused-ring (bicyclic) bond motifs is 1. The van der Waals surface area contributed by atoms with Crippen molar-refractivity contribution in [3.63, 3.8) is 0 Å². The molecule has 0 atom stereocenters. The van der Waals surface area contributed by atoms with Gasteiger partial charge in [0.1, 0.15) is 11.6 Å². The van der Waals surface area contributed by atoms with Crippen LogP contribution in [0.15, 0.2) is 65.5 Å². The first-order valence-corrected chi connectivity index (χ1v) is 7.74. The summed E-state index contributed by atoms with van der Waals surface area (Å²) in [5, 5.41) is 17.7. The number of nitrogens with zero attached hydrogens (tertiary/aromatic N) is 5. The molecule has 120 valence electrons. The van der Waals surface area contributed by atoms with Crippen LogP contribution < -0.4 is 5.69 Å². The van der Waals surface area contributed by atoms with Crippen molar-refractivity contribution in [3.8, 4) is 23.0 Å². The summed E-state index contributed by atoms with van der Waals surface area (Å²) in [6, 6.07) is 20.7. The lowest BCUT2D eigenvalue weighted by atomic mass is 10.1. The number of nitriles is 1. The molecule has 0 spiro atoms. The molecule has 6 nitrogen and oxygen atoms in total. The Morgan fingerprint density at radius 2 is 1.64 bits per heavy atom. The van der Waals surface area contributed by atoms with Gasteiger partial charge in [0.25, 0.3) is 0 Å². The number of hydrogen-bond acceptors (Lipinski definition) is 4. The molecule has 0 bridgehead atoms. The summed E-state index contributed by atoms with van der Waals surface area (Å²) in [5.41, 5.74) is 3.12. The van der Waals surface area contributed by atoms with Crippen LogP contribution in [-0.4, -0.2) is 19.4 Å². The first kappa shape index (κ1) is 14.8. The third kappa shape index (κ3) is 2.22. The minimum Gasteiger partial charge on any atom is -0.245 e. The molecular weight excluding hydrogens is 314 g/mol. The number of rotatable bonds is 2. The van der Waals surface area contributed by atoms with Crippen LogP contribution in [-0.2, 0) is 0 Å². The Morgan fingerprint density at radius 1 is 1.00 bits per heavy atom. The van der Waals surface area contributed by atoms with E-state index < -0.39 is 0 Å². The molecule has 0 aliphatic heterocycles. The van der Waals surface area contributed by atoms with Gasteiger partial charge in [-0.2, -0.15) is 9.94 Å². The maximum atomic E-state index is 13.1. The van der Waals surface area contributed by atoms with E-state index in [0.717, 1.165) is 5.56 Å². The fraction of sp³-hybridized carbons (Fsp3) is 0.0526. The largest absolute Gasteiger partial charge is 0.357 e. The SMILES string of the molecule is Cc1c(C#N)c2nnn(-c3ccccc3)c(=O)n2c1-c1ccccc1. The zero-order valence-electron chi connectivity index (χ0n) is 13.4. The van der Waals surface area contributed by atoms with E-state index in [1.54, 1.807) is 12.1 Å². The van der Waals surface area contributed by atoms with Gasteiger partial charge in [-0.15, -0.1) is 5.10 Å². The van der Waals surface area contributed by atoms with Crippen LogP contribution in [0.5, 0.6) is 0 Å². The van der Waals surface area contributed by atoms with Crippen LogP contribution in [0.25, 0.3) is 22.6 Å². The Balaban J connectivity index is 2.14. The number of hydrogen-bond donors (Lipinski definition) is 0. The van der Waals surface area contributed by atoms with Crippen molar-refractivity contribution >= 4 is 5.65 Å². The molecular formula is C19H13N5O. The topological polar surface area (TPSA) is 76.0 Å². The van der Waals surface area contributed by atoms with E-state index in [2.05, 4.69) is 16.4 Å². The van der Waals surface area contributed by atoms with Crippen LogP contribution in [0.1, 0.15) is 11.1 Å². The lowest BCUT2D eigenvalue weighted by Crippen LogP contribution is -2.29. The van der Waals surface area contributed by atoms with Gasteiger partial charge in [-0.1, -0.05) is 53.7 Å². The highest BCUT2D eigenvalue weighted by atomic mass is 16.2. The van der Waals surface area contributed by atoms with Crippen molar-refractivity contribution in [2.75, 3.05) is 0 Å². The molecule has 0 radical (unpaired) electrons. The normalized spacial score (nSPS) is 10.7. The van der Waals surface area contributed by atoms with Gasteiger partial charge in [-0.3, -0.25) is 0 Å². The van der Waals surface area contributed by atoms with Crippen molar-refractivity contribution < 1.29 is 0 Å². The first-order valence-electron chi connectivity index (χ1n) is 7.74. The molecule has 2 aromatic heterocycles. The van der Waals surface area contributed by atoms with E-state index in [4.69, 9.17) is 0 Å². The minimum atomic E-state index is -0.361. The van der Waals surface area contributed by atoms with Crippen LogP contribution >= 0.6 is 0 Å². The average molecular weight is 327 g/mol. The fourth-order valence-electron chi connectivity index (χ4n) is 2.98. The quantitative estimate of drug-likeness (QED) is 0.567. The van der Waals surface area contributed by atoms with E-state index in [1.807, 2.05) is 55.5 Å². The number of benzene rings is 2. The molecule has 0 saturated heterocycles. The van der Waals surface area contributed by atoms with E-state index in [-0.39, 0.29) is 11.3 Å². The maximum Gasteiger partial charge on any atom is 0.357 e. The summed E-state index contributed by atoms with van der Waals surface area (Å²) in [5.74, 6) is 0. The lowest BCUT2D eigenvalue weighted by molar-refractivity contribution is 0.678. The van der Waals surface area contributed by atoms with Crippen molar-refractivity contribution in [1.29, 1.82) is 5.26 Å². The van der Waals surface area contributed by atoms with Gasteiger partial charge in [0.2, 0.25) is 0 Å². The summed E-state index contributed by atoms with van der Waals surface area (Å²) in [6.07, 6.45) is 0. The highest BCUT2D eigenvalue weighted by Gasteiger charge is 2.21. The summed E-state index contributed by atoms with van der Waals surface area (Å²) in [4.78, 5) is 13.1. The summed E-state index contributed by atoms with van der Waals surface area (Å²) in [7, 11) is 0. The van der Waals surface area contributed by atoms with Gasteiger partial charge >= 0.3 is 5.69 Å². The van der Waals surface area contributed by atoms with Gasteiger partial charge in [-0.05, 0) is 30.2 Å². The molecule has 0 aliphatic carbocycles. The molecule has 4 rings (SSSR count). The second-order valence-corrected chi connectivity index (χ2v) is 5.60. The van der Waals surface area contributed by atoms with Crippen molar-refractivity contribution in [2.45, 2.75) is 6.92 Å². The third-order valence-electron chi connectivity index (χ3n) is 4.15. The lowest BCUT2D eigenvalue weighted by Gasteiger charge is -2.06. The smallest absolute Gasteiger partial charge is 0.245 e. The Bertz CT molecular complexity index is 1170. The molecule has 0 N–H and O–H groups in total. The zero-order valence-corrected chi connectivity index (χ0v) is 13.4. The van der Waals surface area contributed by atoms with Crippen molar-refractivity contribution in [1.82, 2.24) is 19.4 Å². The van der Waals surface area contributed by atoms with Crippen molar-refractivity contribution in [3.05, 3.63) is 82.3 Å². The molecule has 0 aliphatic rings. The molecule has 2 aromatic carbocycles. The van der Waals surface area contributed by atoms with E-state index in [9.17, 15) is 10.1 Å². The average Bonchev–Trinajstić information content (AvgIpc) is 2.95. The Labute approximate surface area is 143 Å². The number of para-hydroxylation sites is 1. The van der Waals surface area contributed by atoms with Gasteiger partial charge < -0.3 is 0 Å². The molecule has 0 fully saturated rings. The summed E-state index contributed by atoms with van der Waals surface area (Å²) in [6.45, 7) is 1.82. The van der Waals surface area contributed by atoms with E-state index in [1.165, 1.54) is 9.08 Å². The number of aromatic nitrogens is 4. The Hall–Kier alpha value is -3.72. The molecule has 4 aromatic rings. The minimum absolute atomic E-state index is 0.274. The molecule has 6 heteroatoms. The standard InChI is InChI=1S/C19H13N5O/c1-13-16(12-20)18-21-22-24(15-10-6-3-7-11-15)19(25)23(18)17(13)14-8-4-2-5-9-14/h2-11H,1H3. The summed E-state index contributed by atoms with van der Waals surface area (Å²) >= 11 is 0. The van der Waals surface area contributed by atoms with Crippen LogP contribution in [0, 0.1) is 18.3 Å². The van der Waals surface area contributed by atoms with Crippen molar-refractivity contribution in [2.24, 2.45) is 0 Å². The van der Waals surface area contributed by atoms with E-state index >= 15 is 0 Å². The van der Waals surface area contributed by atoms with Crippen LogP contribution in [0.4, 0.5) is 0 Å². The van der Waals surface area contributed by atoms with Gasteiger partial charge in [0.15, 0.2) is 5.65 Å². The van der Waals surface area contributed by atoms with Crippen LogP contribution in [0.2, 0.25) is 0 Å². The molecule has 2 heterocycles. The Kier molecular flexibility index (Phi) is 3.40. The molecule has 0 amide bonds. The summed E-state index contributed by atoms with van der Waals surface area (Å²) < 4.78 is 2.70. The van der Waals surface area contributed by atoms with E-state index in [0.29, 0.717) is 22.5 Å². The maximum absolute atomic E-state index is 13.1. The van der Waals surface area contributed by atoms with Gasteiger partial charge in [-0.25, -0.2) is 9.20 Å². The van der Waals surface area contributed by atoms with Gasteiger partial charge in [0, 0.05) is 0 Å². The first-order chi connectivity index (χ1) is 12.2. The molecule has 0 saturated carbocycles. The predicted molar refractivity (Wildman–Crippen MR) is 93.5 cm³/mol. The highest BCUT2D eigenvalue weighted by Crippen LogP contribution is 2.28. The third-order valence-corrected chi connectivity index (χ3v) is 4.15. The highest BCUT2D eigenvalue weighted by molar-refractivity contribution is 5.75.